The van der Waals surface area contributed by atoms with Crippen molar-refractivity contribution in [2.24, 2.45) is 0 Å². The number of aromatic nitrogens is 1. The van der Waals surface area contributed by atoms with Crippen LogP contribution in [0.1, 0.15) is 17.3 Å². The molecule has 3 rings (SSSR count). The van der Waals surface area contributed by atoms with E-state index in [1.54, 1.807) is 6.20 Å². The highest BCUT2D eigenvalue weighted by Crippen LogP contribution is 2.22. The van der Waals surface area contributed by atoms with Crippen LogP contribution in [0.25, 0.3) is 0 Å². The molecule has 1 N–H and O–H groups in total. The van der Waals surface area contributed by atoms with E-state index in [1.807, 2.05) is 48.5 Å². The summed E-state index contributed by atoms with van der Waals surface area (Å²) in [5.74, 6) is -1.97. The fourth-order valence-corrected chi connectivity index (χ4v) is 3.17. The fourth-order valence-electron chi connectivity index (χ4n) is 2.44. The van der Waals surface area contributed by atoms with Gasteiger partial charge in [0.05, 0.1) is 17.5 Å². The molecule has 132 valence electrons. The SMILES string of the molecule is O=C(CSc1ccc(F)c(F)c1)NC(c1ccccc1)c1ccccn1. The van der Waals surface area contributed by atoms with Crippen molar-refractivity contribution in [2.45, 2.75) is 10.9 Å². The molecule has 1 atom stereocenters. The Hall–Kier alpha value is -2.73. The van der Waals surface area contributed by atoms with Gasteiger partial charge < -0.3 is 5.32 Å². The number of halogens is 2. The zero-order chi connectivity index (χ0) is 18.4. The summed E-state index contributed by atoms with van der Waals surface area (Å²) in [6.45, 7) is 0. The lowest BCUT2D eigenvalue weighted by Crippen LogP contribution is -2.31. The summed E-state index contributed by atoms with van der Waals surface area (Å²) in [4.78, 5) is 17.2. The normalized spacial score (nSPS) is 11.8. The summed E-state index contributed by atoms with van der Waals surface area (Å²) in [7, 11) is 0. The topological polar surface area (TPSA) is 42.0 Å². The van der Waals surface area contributed by atoms with Gasteiger partial charge in [0.1, 0.15) is 0 Å². The second kappa shape index (κ2) is 8.58. The predicted molar refractivity (Wildman–Crippen MR) is 97.7 cm³/mol. The maximum atomic E-state index is 13.3. The van der Waals surface area contributed by atoms with Crippen LogP contribution < -0.4 is 5.32 Å². The van der Waals surface area contributed by atoms with E-state index in [0.29, 0.717) is 4.90 Å². The highest BCUT2D eigenvalue weighted by molar-refractivity contribution is 8.00. The number of pyridine rings is 1. The maximum Gasteiger partial charge on any atom is 0.231 e. The van der Waals surface area contributed by atoms with Crippen LogP contribution in [-0.2, 0) is 4.79 Å². The lowest BCUT2D eigenvalue weighted by Gasteiger charge is -2.18. The number of amides is 1. The van der Waals surface area contributed by atoms with Gasteiger partial charge in [0.25, 0.3) is 0 Å². The van der Waals surface area contributed by atoms with Crippen LogP contribution in [0.4, 0.5) is 8.78 Å². The van der Waals surface area contributed by atoms with Gasteiger partial charge in [-0.1, -0.05) is 36.4 Å². The molecule has 1 heterocycles. The minimum Gasteiger partial charge on any atom is -0.343 e. The Bertz CT molecular complexity index is 836. The van der Waals surface area contributed by atoms with Crippen LogP contribution in [0, 0.1) is 11.6 Å². The molecule has 0 spiro atoms. The first-order valence-corrected chi connectivity index (χ1v) is 8.95. The van der Waals surface area contributed by atoms with Crippen molar-refractivity contribution in [3.63, 3.8) is 0 Å². The molecule has 0 aliphatic heterocycles. The monoisotopic (exact) mass is 370 g/mol. The molecule has 0 radical (unpaired) electrons. The third kappa shape index (κ3) is 4.67. The van der Waals surface area contributed by atoms with Crippen molar-refractivity contribution in [1.29, 1.82) is 0 Å². The maximum absolute atomic E-state index is 13.3. The fraction of sp³-hybridized carbons (Fsp3) is 0.100. The van der Waals surface area contributed by atoms with Gasteiger partial charge in [-0.3, -0.25) is 9.78 Å². The number of hydrogen-bond donors (Lipinski definition) is 1. The molecule has 1 aromatic heterocycles. The number of rotatable bonds is 6. The van der Waals surface area contributed by atoms with E-state index in [9.17, 15) is 13.6 Å². The predicted octanol–water partition coefficient (Wildman–Crippen LogP) is 4.36. The molecule has 3 aromatic rings. The van der Waals surface area contributed by atoms with Gasteiger partial charge >= 0.3 is 0 Å². The number of nitrogens with one attached hydrogen (secondary N) is 1. The smallest absolute Gasteiger partial charge is 0.231 e. The molecular weight excluding hydrogens is 354 g/mol. The van der Waals surface area contributed by atoms with Crippen LogP contribution in [0.5, 0.6) is 0 Å². The molecule has 0 saturated carbocycles. The summed E-state index contributed by atoms with van der Waals surface area (Å²) >= 11 is 1.14. The largest absolute Gasteiger partial charge is 0.343 e. The molecule has 0 aliphatic rings. The second-order valence-electron chi connectivity index (χ2n) is 5.53. The van der Waals surface area contributed by atoms with E-state index < -0.39 is 11.6 Å². The summed E-state index contributed by atoms with van der Waals surface area (Å²) in [6, 6.07) is 18.3. The molecule has 1 unspecified atom stereocenters. The molecule has 0 bridgehead atoms. The van der Waals surface area contributed by atoms with E-state index in [-0.39, 0.29) is 17.7 Å². The van der Waals surface area contributed by atoms with E-state index >= 15 is 0 Å². The molecule has 6 heteroatoms. The average molecular weight is 370 g/mol. The first-order valence-electron chi connectivity index (χ1n) is 7.96. The van der Waals surface area contributed by atoms with Crippen LogP contribution >= 0.6 is 11.8 Å². The van der Waals surface area contributed by atoms with E-state index in [4.69, 9.17) is 0 Å². The van der Waals surface area contributed by atoms with Crippen LogP contribution in [0.3, 0.4) is 0 Å². The third-order valence-electron chi connectivity index (χ3n) is 3.68. The van der Waals surface area contributed by atoms with Gasteiger partial charge in [0.15, 0.2) is 11.6 Å². The van der Waals surface area contributed by atoms with Crippen molar-refractivity contribution in [3.8, 4) is 0 Å². The van der Waals surface area contributed by atoms with Gasteiger partial charge in [-0.05, 0) is 35.9 Å². The summed E-state index contributed by atoms with van der Waals surface area (Å²) in [6.07, 6.45) is 1.67. The number of hydrogen-bond acceptors (Lipinski definition) is 3. The van der Waals surface area contributed by atoms with Crippen molar-refractivity contribution in [1.82, 2.24) is 10.3 Å². The quantitative estimate of drug-likeness (QED) is 0.656. The Labute approximate surface area is 154 Å². The molecule has 2 aromatic carbocycles. The Morgan fingerprint density at radius 2 is 1.77 bits per heavy atom. The molecule has 0 aliphatic carbocycles. The Morgan fingerprint density at radius 1 is 1.00 bits per heavy atom. The van der Waals surface area contributed by atoms with Gasteiger partial charge in [-0.15, -0.1) is 11.8 Å². The molecule has 1 amide bonds. The van der Waals surface area contributed by atoms with Crippen molar-refractivity contribution in [3.05, 3.63) is 95.8 Å². The number of benzene rings is 2. The number of carbonyl (C=O) groups is 1. The van der Waals surface area contributed by atoms with Gasteiger partial charge in [-0.2, -0.15) is 0 Å². The minimum absolute atomic E-state index is 0.0846. The first-order chi connectivity index (χ1) is 12.6. The van der Waals surface area contributed by atoms with Gasteiger partial charge in [0, 0.05) is 11.1 Å². The standard InChI is InChI=1S/C20H16F2N2OS/c21-16-10-9-15(12-17(16)22)26-13-19(25)24-20(14-6-2-1-3-7-14)18-8-4-5-11-23-18/h1-12,20H,13H2,(H,24,25). The number of carbonyl (C=O) groups excluding carboxylic acids is 1. The second-order valence-corrected chi connectivity index (χ2v) is 6.58. The third-order valence-corrected chi connectivity index (χ3v) is 4.68. The molecule has 0 saturated heterocycles. The van der Waals surface area contributed by atoms with Crippen molar-refractivity contribution >= 4 is 17.7 Å². The van der Waals surface area contributed by atoms with E-state index in [0.717, 1.165) is 35.2 Å². The molecule has 26 heavy (non-hydrogen) atoms. The lowest BCUT2D eigenvalue weighted by molar-refractivity contribution is -0.119. The van der Waals surface area contributed by atoms with E-state index in [2.05, 4.69) is 10.3 Å². The minimum atomic E-state index is -0.925. The summed E-state index contributed by atoms with van der Waals surface area (Å²) in [5, 5.41) is 2.96. The van der Waals surface area contributed by atoms with Gasteiger partial charge in [0.2, 0.25) is 5.91 Å². The zero-order valence-corrected chi connectivity index (χ0v) is 14.5. The van der Waals surface area contributed by atoms with Crippen LogP contribution in [0.15, 0.2) is 77.8 Å². The van der Waals surface area contributed by atoms with Gasteiger partial charge in [-0.25, -0.2) is 8.78 Å². The highest BCUT2D eigenvalue weighted by Gasteiger charge is 2.18. The number of nitrogens with zero attached hydrogens (tertiary/aromatic N) is 1. The number of thioether (sulfide) groups is 1. The Kier molecular flexibility index (Phi) is 5.96. The van der Waals surface area contributed by atoms with Crippen LogP contribution in [-0.4, -0.2) is 16.6 Å². The van der Waals surface area contributed by atoms with Crippen LogP contribution in [0.2, 0.25) is 0 Å². The zero-order valence-electron chi connectivity index (χ0n) is 13.7. The molecule has 0 fully saturated rings. The van der Waals surface area contributed by atoms with Crippen molar-refractivity contribution < 1.29 is 13.6 Å². The highest BCUT2D eigenvalue weighted by atomic mass is 32.2. The van der Waals surface area contributed by atoms with Crippen molar-refractivity contribution in [2.75, 3.05) is 5.75 Å². The summed E-state index contributed by atoms with van der Waals surface area (Å²) in [5.41, 5.74) is 1.64. The first kappa shape index (κ1) is 18.1. The molecule has 3 nitrogen and oxygen atoms in total. The lowest BCUT2D eigenvalue weighted by atomic mass is 10.0. The molecular formula is C20H16F2N2OS. The Morgan fingerprint density at radius 3 is 2.46 bits per heavy atom. The van der Waals surface area contributed by atoms with E-state index in [1.165, 1.54) is 6.07 Å². The average Bonchev–Trinajstić information content (AvgIpc) is 2.68. The summed E-state index contributed by atoms with van der Waals surface area (Å²) < 4.78 is 26.2. The Balaban J connectivity index is 1.70.